The van der Waals surface area contributed by atoms with Crippen molar-refractivity contribution in [3.05, 3.63) is 33.3 Å². The monoisotopic (exact) mass is 359 g/mol. The summed E-state index contributed by atoms with van der Waals surface area (Å²) in [6.07, 6.45) is 3.44. The first kappa shape index (κ1) is 18.0. The Hall–Kier alpha value is -0.0500. The van der Waals surface area contributed by atoms with Gasteiger partial charge < -0.3 is 5.32 Å². The Morgan fingerprint density at radius 3 is 2.60 bits per heavy atom. The van der Waals surface area contributed by atoms with E-state index >= 15 is 0 Å². The molecule has 0 spiro atoms. The third kappa shape index (κ3) is 6.15. The van der Waals surface area contributed by atoms with Crippen LogP contribution in [0, 0.1) is 11.3 Å². The van der Waals surface area contributed by atoms with Crippen LogP contribution in [0.25, 0.3) is 0 Å². The van der Waals surface area contributed by atoms with Gasteiger partial charge in [0.1, 0.15) is 0 Å². The molecule has 1 nitrogen and oxygen atoms in total. The lowest BCUT2D eigenvalue weighted by atomic mass is 9.79. The summed E-state index contributed by atoms with van der Waals surface area (Å²) in [6, 6.07) is 6.21. The highest BCUT2D eigenvalue weighted by atomic mass is 79.9. The summed E-state index contributed by atoms with van der Waals surface area (Å²) >= 11 is 9.84. The van der Waals surface area contributed by atoms with Gasteiger partial charge in [-0.1, -0.05) is 67.7 Å². The van der Waals surface area contributed by atoms with E-state index in [1.54, 1.807) is 0 Å². The molecular formula is C17H27BrClN. The maximum absolute atomic E-state index is 6.37. The fourth-order valence-corrected chi connectivity index (χ4v) is 3.37. The van der Waals surface area contributed by atoms with Crippen LogP contribution in [0.4, 0.5) is 0 Å². The van der Waals surface area contributed by atoms with E-state index in [2.05, 4.69) is 61.1 Å². The highest BCUT2D eigenvalue weighted by molar-refractivity contribution is 9.10. The van der Waals surface area contributed by atoms with Gasteiger partial charge in [-0.15, -0.1) is 0 Å². The summed E-state index contributed by atoms with van der Waals surface area (Å²) in [4.78, 5) is 0. The minimum Gasteiger partial charge on any atom is -0.316 e. The van der Waals surface area contributed by atoms with E-state index in [-0.39, 0.29) is 5.41 Å². The molecule has 0 bridgehead atoms. The number of halogens is 2. The van der Waals surface area contributed by atoms with E-state index in [1.807, 2.05) is 6.07 Å². The van der Waals surface area contributed by atoms with Crippen molar-refractivity contribution in [3.63, 3.8) is 0 Å². The maximum atomic E-state index is 6.37. The molecule has 1 rings (SSSR count). The lowest BCUT2D eigenvalue weighted by molar-refractivity contribution is 0.271. The highest BCUT2D eigenvalue weighted by Gasteiger charge is 2.24. The Balaban J connectivity index is 2.73. The lowest BCUT2D eigenvalue weighted by Crippen LogP contribution is -2.35. The average Bonchev–Trinajstić information content (AvgIpc) is 2.33. The standard InChI is InChI=1S/C17H27BrClN/c1-5-8-17(4,12-20-11-13(2)3)10-14-6-7-15(18)9-16(14)19/h6-7,9,13,20H,5,8,10-12H2,1-4H3. The second-order valence-corrected chi connectivity index (χ2v) is 7.82. The van der Waals surface area contributed by atoms with Crippen LogP contribution >= 0.6 is 27.5 Å². The Morgan fingerprint density at radius 1 is 1.35 bits per heavy atom. The minimum absolute atomic E-state index is 0.265. The number of hydrogen-bond acceptors (Lipinski definition) is 1. The summed E-state index contributed by atoms with van der Waals surface area (Å²) in [5, 5.41) is 4.48. The lowest BCUT2D eigenvalue weighted by Gasteiger charge is -2.31. The fourth-order valence-electron chi connectivity index (χ4n) is 2.63. The van der Waals surface area contributed by atoms with Crippen LogP contribution in [-0.2, 0) is 6.42 Å². The van der Waals surface area contributed by atoms with E-state index in [0.717, 1.165) is 29.0 Å². The van der Waals surface area contributed by atoms with E-state index in [0.29, 0.717) is 5.92 Å². The zero-order chi connectivity index (χ0) is 15.2. The van der Waals surface area contributed by atoms with Crippen molar-refractivity contribution in [2.45, 2.75) is 47.0 Å². The van der Waals surface area contributed by atoms with E-state index in [4.69, 9.17) is 11.6 Å². The van der Waals surface area contributed by atoms with Crippen molar-refractivity contribution >= 4 is 27.5 Å². The first-order valence-electron chi connectivity index (χ1n) is 7.51. The molecule has 0 saturated carbocycles. The van der Waals surface area contributed by atoms with Crippen LogP contribution in [0.3, 0.4) is 0 Å². The van der Waals surface area contributed by atoms with Crippen LogP contribution in [0.15, 0.2) is 22.7 Å². The normalized spacial score (nSPS) is 14.6. The molecule has 3 heteroatoms. The van der Waals surface area contributed by atoms with Crippen LogP contribution < -0.4 is 5.32 Å². The molecule has 0 saturated heterocycles. The van der Waals surface area contributed by atoms with Gasteiger partial charge in [0.15, 0.2) is 0 Å². The van der Waals surface area contributed by atoms with E-state index < -0.39 is 0 Å². The highest BCUT2D eigenvalue weighted by Crippen LogP contribution is 2.32. The Labute approximate surface area is 137 Å². The largest absolute Gasteiger partial charge is 0.316 e. The van der Waals surface area contributed by atoms with Crippen LogP contribution in [0.1, 0.15) is 46.1 Å². The molecule has 0 aliphatic rings. The number of rotatable bonds is 8. The number of hydrogen-bond donors (Lipinski definition) is 1. The molecular weight excluding hydrogens is 334 g/mol. The third-order valence-electron chi connectivity index (χ3n) is 3.59. The molecule has 0 fully saturated rings. The van der Waals surface area contributed by atoms with Gasteiger partial charge in [0.05, 0.1) is 0 Å². The fraction of sp³-hybridized carbons (Fsp3) is 0.647. The van der Waals surface area contributed by atoms with E-state index in [1.165, 1.54) is 18.4 Å². The first-order valence-corrected chi connectivity index (χ1v) is 8.68. The van der Waals surface area contributed by atoms with Crippen molar-refractivity contribution in [2.24, 2.45) is 11.3 Å². The minimum atomic E-state index is 0.265. The summed E-state index contributed by atoms with van der Waals surface area (Å²) in [6.45, 7) is 11.2. The molecule has 0 radical (unpaired) electrons. The molecule has 0 heterocycles. The van der Waals surface area contributed by atoms with Gasteiger partial charge in [0, 0.05) is 16.0 Å². The summed E-state index contributed by atoms with van der Waals surface area (Å²) in [5.74, 6) is 0.692. The van der Waals surface area contributed by atoms with Crippen molar-refractivity contribution in [1.82, 2.24) is 5.32 Å². The zero-order valence-corrected chi connectivity index (χ0v) is 15.4. The van der Waals surface area contributed by atoms with Crippen LogP contribution in [0.5, 0.6) is 0 Å². The molecule has 1 N–H and O–H groups in total. The number of benzene rings is 1. The maximum Gasteiger partial charge on any atom is 0.0449 e. The van der Waals surface area contributed by atoms with Gasteiger partial charge in [-0.2, -0.15) is 0 Å². The summed E-state index contributed by atoms with van der Waals surface area (Å²) in [5.41, 5.74) is 1.51. The van der Waals surface area contributed by atoms with Gasteiger partial charge >= 0.3 is 0 Å². The molecule has 1 atom stereocenters. The van der Waals surface area contributed by atoms with Crippen molar-refractivity contribution < 1.29 is 0 Å². The molecule has 0 aliphatic carbocycles. The second-order valence-electron chi connectivity index (χ2n) is 6.50. The molecule has 1 aromatic carbocycles. The smallest absolute Gasteiger partial charge is 0.0449 e. The average molecular weight is 361 g/mol. The van der Waals surface area contributed by atoms with Crippen LogP contribution in [0.2, 0.25) is 5.02 Å². The van der Waals surface area contributed by atoms with Gasteiger partial charge in [0.2, 0.25) is 0 Å². The first-order chi connectivity index (χ1) is 9.36. The number of nitrogens with one attached hydrogen (secondary N) is 1. The van der Waals surface area contributed by atoms with Gasteiger partial charge in [0.25, 0.3) is 0 Å². The Bertz CT molecular complexity index is 419. The third-order valence-corrected chi connectivity index (χ3v) is 4.44. The Morgan fingerprint density at radius 2 is 2.05 bits per heavy atom. The predicted molar refractivity (Wildman–Crippen MR) is 93.6 cm³/mol. The van der Waals surface area contributed by atoms with E-state index in [9.17, 15) is 0 Å². The van der Waals surface area contributed by atoms with Gasteiger partial charge in [-0.25, -0.2) is 0 Å². The molecule has 0 aliphatic heterocycles. The van der Waals surface area contributed by atoms with Crippen molar-refractivity contribution in [3.8, 4) is 0 Å². The van der Waals surface area contributed by atoms with Crippen molar-refractivity contribution in [2.75, 3.05) is 13.1 Å². The zero-order valence-electron chi connectivity index (χ0n) is 13.1. The topological polar surface area (TPSA) is 12.0 Å². The quantitative estimate of drug-likeness (QED) is 0.627. The van der Waals surface area contributed by atoms with Gasteiger partial charge in [-0.3, -0.25) is 0 Å². The second kappa shape index (κ2) is 8.41. The van der Waals surface area contributed by atoms with Crippen molar-refractivity contribution in [1.29, 1.82) is 0 Å². The molecule has 114 valence electrons. The summed E-state index contributed by atoms with van der Waals surface area (Å²) < 4.78 is 1.04. The predicted octanol–water partition coefficient (Wildman–Crippen LogP) is 5.70. The summed E-state index contributed by atoms with van der Waals surface area (Å²) in [7, 11) is 0. The molecule has 0 amide bonds. The SMILES string of the molecule is CCCC(C)(CNCC(C)C)Cc1ccc(Br)cc1Cl. The molecule has 1 unspecified atom stereocenters. The van der Waals surface area contributed by atoms with Crippen LogP contribution in [-0.4, -0.2) is 13.1 Å². The molecule has 0 aromatic heterocycles. The molecule has 20 heavy (non-hydrogen) atoms. The molecule has 1 aromatic rings. The van der Waals surface area contributed by atoms with Gasteiger partial charge in [-0.05, 0) is 48.4 Å². The Kier molecular flexibility index (Phi) is 7.57.